The maximum atomic E-state index is 11.7. The second kappa shape index (κ2) is 5.29. The molecule has 0 spiro atoms. The smallest absolute Gasteiger partial charge is 0.255 e. The number of phenolic OH excluding ortho intramolecular Hbond substituents is 1. The standard InChI is InChI=1S/C10H11F2NO2/c11-9(12)6-13-10(15)5-7-3-1-2-4-8(7)14/h1-4,9,14H,5-6H2,(H,13,15). The molecule has 1 rings (SSSR count). The molecule has 5 heteroatoms. The Morgan fingerprint density at radius 3 is 2.67 bits per heavy atom. The van der Waals surface area contributed by atoms with E-state index < -0.39 is 18.9 Å². The number of amides is 1. The molecule has 0 bridgehead atoms. The van der Waals surface area contributed by atoms with Gasteiger partial charge in [-0.25, -0.2) is 8.78 Å². The van der Waals surface area contributed by atoms with Crippen LogP contribution in [0.5, 0.6) is 5.75 Å². The van der Waals surface area contributed by atoms with Gasteiger partial charge in [0, 0.05) is 5.56 Å². The summed E-state index contributed by atoms with van der Waals surface area (Å²) in [5.74, 6) is -0.540. The first-order valence-corrected chi connectivity index (χ1v) is 4.41. The molecule has 82 valence electrons. The number of carbonyl (C=O) groups excluding carboxylic acids is 1. The number of para-hydroxylation sites is 1. The molecule has 1 amide bonds. The topological polar surface area (TPSA) is 49.3 Å². The average Bonchev–Trinajstić information content (AvgIpc) is 2.18. The Hall–Kier alpha value is -1.65. The molecular weight excluding hydrogens is 204 g/mol. The largest absolute Gasteiger partial charge is 0.508 e. The molecule has 0 saturated heterocycles. The minimum atomic E-state index is -2.56. The van der Waals surface area contributed by atoms with Crippen molar-refractivity contribution in [2.24, 2.45) is 0 Å². The molecule has 0 radical (unpaired) electrons. The number of benzene rings is 1. The minimum Gasteiger partial charge on any atom is -0.508 e. The Labute approximate surface area is 85.7 Å². The number of halogens is 2. The first-order chi connectivity index (χ1) is 7.09. The number of alkyl halides is 2. The third-order valence-corrected chi connectivity index (χ3v) is 1.80. The summed E-state index contributed by atoms with van der Waals surface area (Å²) < 4.78 is 23.5. The molecule has 0 fully saturated rings. The van der Waals surface area contributed by atoms with Crippen molar-refractivity contribution >= 4 is 5.91 Å². The lowest BCUT2D eigenvalue weighted by Crippen LogP contribution is -2.29. The van der Waals surface area contributed by atoms with E-state index in [0.717, 1.165) is 0 Å². The van der Waals surface area contributed by atoms with Crippen LogP contribution in [0.3, 0.4) is 0 Å². The molecule has 0 heterocycles. The lowest BCUT2D eigenvalue weighted by molar-refractivity contribution is -0.121. The number of phenols is 1. The molecule has 0 saturated carbocycles. The second-order valence-corrected chi connectivity index (χ2v) is 3.00. The van der Waals surface area contributed by atoms with Crippen LogP contribution in [0.4, 0.5) is 8.78 Å². The molecule has 1 aromatic carbocycles. The number of hydrogen-bond donors (Lipinski definition) is 2. The van der Waals surface area contributed by atoms with Crippen LogP contribution in [-0.4, -0.2) is 24.0 Å². The fourth-order valence-electron chi connectivity index (χ4n) is 1.09. The maximum absolute atomic E-state index is 11.7. The van der Waals surface area contributed by atoms with Crippen molar-refractivity contribution in [1.82, 2.24) is 5.32 Å². The highest BCUT2D eigenvalue weighted by Crippen LogP contribution is 2.15. The third kappa shape index (κ3) is 3.93. The van der Waals surface area contributed by atoms with Gasteiger partial charge >= 0.3 is 0 Å². The third-order valence-electron chi connectivity index (χ3n) is 1.80. The monoisotopic (exact) mass is 215 g/mol. The van der Waals surface area contributed by atoms with Crippen LogP contribution in [0.25, 0.3) is 0 Å². The van der Waals surface area contributed by atoms with Crippen LogP contribution >= 0.6 is 0 Å². The summed E-state index contributed by atoms with van der Waals surface area (Å²) in [5, 5.41) is 11.4. The molecule has 0 atom stereocenters. The van der Waals surface area contributed by atoms with Crippen LogP contribution in [0, 0.1) is 0 Å². The molecule has 0 aliphatic rings. The van der Waals surface area contributed by atoms with Gasteiger partial charge in [-0.2, -0.15) is 0 Å². The molecule has 15 heavy (non-hydrogen) atoms. The van der Waals surface area contributed by atoms with E-state index >= 15 is 0 Å². The maximum Gasteiger partial charge on any atom is 0.255 e. The summed E-state index contributed by atoms with van der Waals surface area (Å²) in [5.41, 5.74) is 0.421. The van der Waals surface area contributed by atoms with Gasteiger partial charge in [0.2, 0.25) is 5.91 Å². The van der Waals surface area contributed by atoms with E-state index in [-0.39, 0.29) is 12.2 Å². The number of nitrogens with one attached hydrogen (secondary N) is 1. The van der Waals surface area contributed by atoms with E-state index in [2.05, 4.69) is 5.32 Å². The molecule has 0 aliphatic heterocycles. The molecule has 2 N–H and O–H groups in total. The first kappa shape index (κ1) is 11.4. The van der Waals surface area contributed by atoms with Crippen LogP contribution in [0.2, 0.25) is 0 Å². The number of aromatic hydroxyl groups is 1. The molecule has 3 nitrogen and oxygen atoms in total. The Morgan fingerprint density at radius 2 is 2.07 bits per heavy atom. The Bertz CT molecular complexity index is 342. The van der Waals surface area contributed by atoms with Crippen molar-refractivity contribution in [2.45, 2.75) is 12.8 Å². The van der Waals surface area contributed by atoms with Gasteiger partial charge < -0.3 is 10.4 Å². The van der Waals surface area contributed by atoms with E-state index in [9.17, 15) is 18.7 Å². The van der Waals surface area contributed by atoms with Crippen molar-refractivity contribution in [3.8, 4) is 5.75 Å². The van der Waals surface area contributed by atoms with E-state index in [0.29, 0.717) is 5.56 Å². The summed E-state index contributed by atoms with van der Waals surface area (Å²) >= 11 is 0. The van der Waals surface area contributed by atoms with Gasteiger partial charge in [-0.05, 0) is 6.07 Å². The van der Waals surface area contributed by atoms with Gasteiger partial charge in [-0.15, -0.1) is 0 Å². The summed E-state index contributed by atoms with van der Waals surface area (Å²) in [6, 6.07) is 6.29. The second-order valence-electron chi connectivity index (χ2n) is 3.00. The van der Waals surface area contributed by atoms with Crippen LogP contribution in [0.1, 0.15) is 5.56 Å². The number of hydrogen-bond acceptors (Lipinski definition) is 2. The highest BCUT2D eigenvalue weighted by atomic mass is 19.3. The van der Waals surface area contributed by atoms with E-state index in [1.165, 1.54) is 6.07 Å². The summed E-state index contributed by atoms with van der Waals surface area (Å²) in [7, 11) is 0. The van der Waals surface area contributed by atoms with Crippen molar-refractivity contribution in [3.63, 3.8) is 0 Å². The summed E-state index contributed by atoms with van der Waals surface area (Å²) in [6.07, 6.45) is -2.65. The minimum absolute atomic E-state index is 0.00954. The van der Waals surface area contributed by atoms with Gasteiger partial charge in [0.15, 0.2) is 0 Å². The van der Waals surface area contributed by atoms with E-state index in [1.54, 1.807) is 18.2 Å². The van der Waals surface area contributed by atoms with Gasteiger partial charge in [0.1, 0.15) is 5.75 Å². The van der Waals surface area contributed by atoms with Crippen LogP contribution in [0.15, 0.2) is 24.3 Å². The molecule has 0 unspecified atom stereocenters. The molecule has 0 aliphatic carbocycles. The van der Waals surface area contributed by atoms with Crippen LogP contribution in [-0.2, 0) is 11.2 Å². The lowest BCUT2D eigenvalue weighted by atomic mass is 10.1. The Balaban J connectivity index is 2.48. The van der Waals surface area contributed by atoms with Crippen molar-refractivity contribution in [3.05, 3.63) is 29.8 Å². The summed E-state index contributed by atoms with van der Waals surface area (Å²) in [6.45, 7) is -0.660. The molecular formula is C10H11F2NO2. The molecule has 1 aromatic rings. The number of rotatable bonds is 4. The summed E-state index contributed by atoms with van der Waals surface area (Å²) in [4.78, 5) is 11.1. The Kier molecular flexibility index (Phi) is 4.03. The van der Waals surface area contributed by atoms with Gasteiger partial charge in [-0.3, -0.25) is 4.79 Å². The van der Waals surface area contributed by atoms with E-state index in [4.69, 9.17) is 0 Å². The average molecular weight is 215 g/mol. The predicted molar refractivity (Wildman–Crippen MR) is 50.8 cm³/mol. The van der Waals surface area contributed by atoms with Gasteiger partial charge in [0.05, 0.1) is 13.0 Å². The highest BCUT2D eigenvalue weighted by Gasteiger charge is 2.09. The van der Waals surface area contributed by atoms with Crippen molar-refractivity contribution in [2.75, 3.05) is 6.54 Å². The van der Waals surface area contributed by atoms with Crippen LogP contribution < -0.4 is 5.32 Å². The fraction of sp³-hybridized carbons (Fsp3) is 0.300. The highest BCUT2D eigenvalue weighted by molar-refractivity contribution is 5.79. The zero-order valence-corrected chi connectivity index (χ0v) is 7.91. The molecule has 0 aromatic heterocycles. The van der Waals surface area contributed by atoms with Crippen molar-refractivity contribution < 1.29 is 18.7 Å². The van der Waals surface area contributed by atoms with Gasteiger partial charge in [0.25, 0.3) is 6.43 Å². The fourth-order valence-corrected chi connectivity index (χ4v) is 1.09. The zero-order valence-electron chi connectivity index (χ0n) is 7.91. The van der Waals surface area contributed by atoms with Gasteiger partial charge in [-0.1, -0.05) is 18.2 Å². The SMILES string of the molecule is O=C(Cc1ccccc1O)NCC(F)F. The zero-order chi connectivity index (χ0) is 11.3. The number of carbonyl (C=O) groups is 1. The van der Waals surface area contributed by atoms with Crippen molar-refractivity contribution in [1.29, 1.82) is 0 Å². The van der Waals surface area contributed by atoms with E-state index in [1.807, 2.05) is 0 Å². The quantitative estimate of drug-likeness (QED) is 0.795. The predicted octanol–water partition coefficient (Wildman–Crippen LogP) is 1.32. The first-order valence-electron chi connectivity index (χ1n) is 4.41. The Morgan fingerprint density at radius 1 is 1.40 bits per heavy atom. The lowest BCUT2D eigenvalue weighted by Gasteiger charge is -2.05. The normalized spacial score (nSPS) is 10.3.